The molecule has 0 aliphatic carbocycles. The molecule has 0 fully saturated rings. The summed E-state index contributed by atoms with van der Waals surface area (Å²) in [6.45, 7) is 2.26. The van der Waals surface area contributed by atoms with Crippen LogP contribution in [0.25, 0.3) is 22.5 Å². The lowest BCUT2D eigenvalue weighted by Gasteiger charge is -2.12. The topological polar surface area (TPSA) is 95.6 Å². The van der Waals surface area contributed by atoms with E-state index < -0.39 is 29.6 Å². The lowest BCUT2D eigenvalue weighted by molar-refractivity contribution is -0.274. The number of benzene rings is 4. The zero-order valence-electron chi connectivity index (χ0n) is 24.6. The second-order valence-electron chi connectivity index (χ2n) is 10.3. The van der Waals surface area contributed by atoms with Gasteiger partial charge < -0.3 is 14.6 Å². The van der Waals surface area contributed by atoms with Crippen LogP contribution in [0.4, 0.5) is 17.6 Å². The molecular weight excluding hydrogens is 606 g/mol. The smallest absolute Gasteiger partial charge is 0.494 e. The molecule has 0 amide bonds. The number of aryl methyl sites for hydroxylation is 2. The molecule has 0 spiro atoms. The van der Waals surface area contributed by atoms with Gasteiger partial charge in [0.25, 0.3) is 0 Å². The van der Waals surface area contributed by atoms with Crippen molar-refractivity contribution in [3.63, 3.8) is 0 Å². The predicted octanol–water partition coefficient (Wildman–Crippen LogP) is 6.93. The maximum absolute atomic E-state index is 14.8. The van der Waals surface area contributed by atoms with Gasteiger partial charge in [-0.3, -0.25) is 4.79 Å². The molecule has 0 aliphatic heterocycles. The van der Waals surface area contributed by atoms with Crippen LogP contribution in [0.5, 0.6) is 11.5 Å². The number of para-hydroxylation sites is 1. The average molecular weight is 636 g/mol. The molecule has 8 nitrogen and oxygen atoms in total. The van der Waals surface area contributed by atoms with Gasteiger partial charge in [0.1, 0.15) is 23.1 Å². The second-order valence-corrected chi connectivity index (χ2v) is 10.3. The minimum Gasteiger partial charge on any atom is -0.494 e. The van der Waals surface area contributed by atoms with E-state index in [9.17, 15) is 32.3 Å². The summed E-state index contributed by atoms with van der Waals surface area (Å²) in [6, 6.07) is 23.7. The summed E-state index contributed by atoms with van der Waals surface area (Å²) in [4.78, 5) is 24.8. The van der Waals surface area contributed by atoms with Gasteiger partial charge in [-0.25, -0.2) is 13.8 Å². The standard InChI is InChI=1S/C34H29F4N3O5/c1-2-45-30-19-14-24(20-25(30)21-32(42)43)23-12-10-22(11-13-23)6-5-9-31-39-41(26-15-17-27(18-16-26)46-34(36,37)38)33(44)40(31)29-8-4-3-7-28(29)35/h3-4,7-8,10-20H,2,5-6,9,21H2,1H3,(H,42,43). The van der Waals surface area contributed by atoms with Gasteiger partial charge in [-0.05, 0) is 85.0 Å². The summed E-state index contributed by atoms with van der Waals surface area (Å²) in [5.41, 5.74) is 2.86. The highest BCUT2D eigenvalue weighted by atomic mass is 19.4. The van der Waals surface area contributed by atoms with Gasteiger partial charge in [0.15, 0.2) is 0 Å². The molecule has 0 atom stereocenters. The van der Waals surface area contributed by atoms with Crippen LogP contribution in [0.2, 0.25) is 0 Å². The monoisotopic (exact) mass is 635 g/mol. The van der Waals surface area contributed by atoms with E-state index in [0.717, 1.165) is 33.5 Å². The SMILES string of the molecule is CCOc1ccc(-c2ccc(CCCc3nn(-c4ccc(OC(F)(F)F)cc4)c(=O)n3-c3ccccc3F)cc2)cc1CC(=O)O. The van der Waals surface area contributed by atoms with E-state index in [4.69, 9.17) is 4.74 Å². The van der Waals surface area contributed by atoms with E-state index in [0.29, 0.717) is 37.2 Å². The Labute approximate surface area is 261 Å². The third kappa shape index (κ3) is 7.63. The van der Waals surface area contributed by atoms with Crippen molar-refractivity contribution in [2.24, 2.45) is 0 Å². The van der Waals surface area contributed by atoms with Gasteiger partial charge in [-0.15, -0.1) is 18.3 Å². The fraction of sp³-hybridized carbons (Fsp3) is 0.206. The number of aromatic nitrogens is 3. The fourth-order valence-corrected chi connectivity index (χ4v) is 5.07. The Bertz CT molecular complexity index is 1880. The number of carbonyl (C=O) groups is 1. The molecule has 238 valence electrons. The van der Waals surface area contributed by atoms with Gasteiger partial charge in [-0.2, -0.15) is 4.68 Å². The molecule has 5 aromatic rings. The Hall–Kier alpha value is -5.39. The van der Waals surface area contributed by atoms with Crippen LogP contribution in [0, 0.1) is 5.82 Å². The second kappa shape index (κ2) is 13.7. The van der Waals surface area contributed by atoms with Gasteiger partial charge in [-0.1, -0.05) is 42.5 Å². The first-order valence-corrected chi connectivity index (χ1v) is 14.4. The number of hydrogen-bond donors (Lipinski definition) is 1. The van der Waals surface area contributed by atoms with E-state index in [1.54, 1.807) is 12.1 Å². The van der Waals surface area contributed by atoms with Crippen LogP contribution >= 0.6 is 0 Å². The molecule has 0 bridgehead atoms. The number of carboxylic acids is 1. The number of nitrogens with zero attached hydrogens (tertiary/aromatic N) is 3. The van der Waals surface area contributed by atoms with Crippen LogP contribution in [-0.2, 0) is 24.1 Å². The van der Waals surface area contributed by atoms with Crippen LogP contribution in [0.3, 0.4) is 0 Å². The number of rotatable bonds is 12. The van der Waals surface area contributed by atoms with Gasteiger partial charge in [0.2, 0.25) is 0 Å². The van der Waals surface area contributed by atoms with Crippen molar-refractivity contribution in [3.05, 3.63) is 124 Å². The molecule has 4 aromatic carbocycles. The van der Waals surface area contributed by atoms with E-state index in [1.165, 1.54) is 34.9 Å². The van der Waals surface area contributed by atoms with E-state index in [-0.39, 0.29) is 23.6 Å². The van der Waals surface area contributed by atoms with Crippen molar-refractivity contribution in [2.75, 3.05) is 6.61 Å². The minimum absolute atomic E-state index is 0.00718. The lowest BCUT2D eigenvalue weighted by atomic mass is 9.98. The molecule has 12 heteroatoms. The Kier molecular flexibility index (Phi) is 9.55. The number of hydrogen-bond acceptors (Lipinski definition) is 5. The zero-order valence-corrected chi connectivity index (χ0v) is 24.6. The third-order valence-electron chi connectivity index (χ3n) is 7.11. The van der Waals surface area contributed by atoms with E-state index >= 15 is 0 Å². The first kappa shape index (κ1) is 32.0. The van der Waals surface area contributed by atoms with Gasteiger partial charge in [0.05, 0.1) is 24.4 Å². The van der Waals surface area contributed by atoms with Crippen molar-refractivity contribution in [1.29, 1.82) is 0 Å². The van der Waals surface area contributed by atoms with Crippen LogP contribution in [0.1, 0.15) is 30.3 Å². The van der Waals surface area contributed by atoms with Crippen molar-refractivity contribution in [2.45, 2.75) is 39.0 Å². The van der Waals surface area contributed by atoms with E-state index in [2.05, 4.69) is 9.84 Å². The largest absolute Gasteiger partial charge is 0.573 e. The van der Waals surface area contributed by atoms with Crippen molar-refractivity contribution >= 4 is 5.97 Å². The minimum atomic E-state index is -4.86. The molecule has 0 saturated heterocycles. The summed E-state index contributed by atoms with van der Waals surface area (Å²) in [5.74, 6) is -1.22. The molecule has 5 rings (SSSR count). The molecule has 0 saturated carbocycles. The molecule has 46 heavy (non-hydrogen) atoms. The summed E-state index contributed by atoms with van der Waals surface area (Å²) >= 11 is 0. The third-order valence-corrected chi connectivity index (χ3v) is 7.11. The van der Waals surface area contributed by atoms with Gasteiger partial charge >= 0.3 is 18.0 Å². The lowest BCUT2D eigenvalue weighted by Crippen LogP contribution is -2.24. The first-order chi connectivity index (χ1) is 22.0. The fourth-order valence-electron chi connectivity index (χ4n) is 5.07. The van der Waals surface area contributed by atoms with Crippen LogP contribution in [0.15, 0.2) is 95.8 Å². The predicted molar refractivity (Wildman–Crippen MR) is 162 cm³/mol. The summed E-state index contributed by atoms with van der Waals surface area (Å²) < 4.78 is 64.2. The Morgan fingerprint density at radius 1 is 0.913 bits per heavy atom. The summed E-state index contributed by atoms with van der Waals surface area (Å²) in [7, 11) is 0. The molecule has 1 heterocycles. The Morgan fingerprint density at radius 3 is 2.26 bits per heavy atom. The molecular formula is C34H29F4N3O5. The number of ether oxygens (including phenoxy) is 2. The Balaban J connectivity index is 1.35. The van der Waals surface area contributed by atoms with Gasteiger partial charge in [0, 0.05) is 12.0 Å². The van der Waals surface area contributed by atoms with Crippen molar-refractivity contribution in [1.82, 2.24) is 14.3 Å². The highest BCUT2D eigenvalue weighted by Gasteiger charge is 2.31. The maximum Gasteiger partial charge on any atom is 0.573 e. The first-order valence-electron chi connectivity index (χ1n) is 14.4. The molecule has 0 radical (unpaired) electrons. The summed E-state index contributed by atoms with van der Waals surface area (Å²) in [6.07, 6.45) is -3.57. The molecule has 1 aromatic heterocycles. The number of aliphatic carboxylic acids is 1. The number of halogens is 4. The van der Waals surface area contributed by atoms with E-state index in [1.807, 2.05) is 43.3 Å². The summed E-state index contributed by atoms with van der Waals surface area (Å²) in [5, 5.41) is 13.7. The molecule has 1 N–H and O–H groups in total. The zero-order chi connectivity index (χ0) is 32.8. The highest BCUT2D eigenvalue weighted by Crippen LogP contribution is 2.28. The highest BCUT2D eigenvalue weighted by molar-refractivity contribution is 5.74. The number of alkyl halides is 3. The quantitative estimate of drug-likeness (QED) is 0.150. The molecule has 0 unspecified atom stereocenters. The normalized spacial score (nSPS) is 11.4. The maximum atomic E-state index is 14.8. The Morgan fingerprint density at radius 2 is 1.61 bits per heavy atom. The van der Waals surface area contributed by atoms with Crippen LogP contribution < -0.4 is 15.2 Å². The van der Waals surface area contributed by atoms with Crippen LogP contribution in [-0.4, -0.2) is 38.4 Å². The average Bonchev–Trinajstić information content (AvgIpc) is 3.33. The number of carboxylic acid groups (broad SMARTS) is 1. The molecule has 0 aliphatic rings. The van der Waals surface area contributed by atoms with Crippen molar-refractivity contribution in [3.8, 4) is 34.0 Å². The van der Waals surface area contributed by atoms with Crippen molar-refractivity contribution < 1.29 is 36.9 Å².